The summed E-state index contributed by atoms with van der Waals surface area (Å²) in [5, 5.41) is 3.50. The van der Waals surface area contributed by atoms with Crippen LogP contribution >= 0.6 is 0 Å². The highest BCUT2D eigenvalue weighted by Crippen LogP contribution is 2.38. The first-order chi connectivity index (χ1) is 11.7. The van der Waals surface area contributed by atoms with Crippen molar-refractivity contribution in [2.45, 2.75) is 38.8 Å². The predicted molar refractivity (Wildman–Crippen MR) is 96.3 cm³/mol. The van der Waals surface area contributed by atoms with E-state index in [0.29, 0.717) is 12.5 Å². The largest absolute Gasteiger partial charge is 0.329 e. The van der Waals surface area contributed by atoms with Crippen molar-refractivity contribution in [2.75, 3.05) is 13.1 Å². The molecule has 1 saturated heterocycles. The minimum atomic E-state index is 0.193. The standard InChI is InChI=1S/C21H24N2O/c1-3-15-9-14(2)20-17(10-15)18-11-22-12-19(18)23(21(20)24)13-16-7-5-4-6-8-16/h4-10,18-19,22H,3,11-13H2,1-2H3. The van der Waals surface area contributed by atoms with E-state index in [1.807, 2.05) is 18.2 Å². The van der Waals surface area contributed by atoms with E-state index in [1.54, 1.807) is 0 Å². The third-order valence-electron chi connectivity index (χ3n) is 5.49. The number of fused-ring (bicyclic) bond motifs is 3. The van der Waals surface area contributed by atoms with E-state index >= 15 is 0 Å². The van der Waals surface area contributed by atoms with Crippen molar-refractivity contribution < 1.29 is 4.79 Å². The van der Waals surface area contributed by atoms with Gasteiger partial charge in [-0.25, -0.2) is 0 Å². The molecular formula is C21H24N2O. The van der Waals surface area contributed by atoms with E-state index in [9.17, 15) is 4.79 Å². The van der Waals surface area contributed by atoms with Crippen LogP contribution in [0.2, 0.25) is 0 Å². The van der Waals surface area contributed by atoms with E-state index in [1.165, 1.54) is 16.7 Å². The SMILES string of the molecule is CCc1cc(C)c2c(c1)C1CNCC1N(Cc1ccccc1)C2=O. The summed E-state index contributed by atoms with van der Waals surface area (Å²) in [4.78, 5) is 15.4. The zero-order chi connectivity index (χ0) is 16.7. The molecule has 0 aromatic heterocycles. The van der Waals surface area contributed by atoms with Crippen molar-refractivity contribution in [3.05, 3.63) is 70.3 Å². The lowest BCUT2D eigenvalue weighted by Gasteiger charge is -2.39. The highest BCUT2D eigenvalue weighted by molar-refractivity contribution is 5.99. The molecule has 2 aromatic carbocycles. The predicted octanol–water partition coefficient (Wildman–Crippen LogP) is 3.27. The monoisotopic (exact) mass is 320 g/mol. The molecule has 2 aromatic rings. The van der Waals surface area contributed by atoms with Crippen LogP contribution in [0, 0.1) is 6.92 Å². The van der Waals surface area contributed by atoms with Crippen molar-refractivity contribution in [3.8, 4) is 0 Å². The van der Waals surface area contributed by atoms with Gasteiger partial charge in [0.25, 0.3) is 5.91 Å². The topological polar surface area (TPSA) is 32.3 Å². The molecule has 124 valence electrons. The Morgan fingerprint density at radius 2 is 1.92 bits per heavy atom. The molecule has 2 aliphatic rings. The van der Waals surface area contributed by atoms with Gasteiger partial charge < -0.3 is 10.2 Å². The molecule has 3 nitrogen and oxygen atoms in total. The second kappa shape index (κ2) is 6.06. The van der Waals surface area contributed by atoms with Gasteiger partial charge in [0.2, 0.25) is 0 Å². The molecule has 24 heavy (non-hydrogen) atoms. The summed E-state index contributed by atoms with van der Waals surface area (Å²) in [5.41, 5.74) is 5.85. The molecule has 0 saturated carbocycles. The number of aryl methyl sites for hydroxylation is 2. The zero-order valence-corrected chi connectivity index (χ0v) is 14.4. The fraction of sp³-hybridized carbons (Fsp3) is 0.381. The average Bonchev–Trinajstić information content (AvgIpc) is 3.08. The Bertz CT molecular complexity index is 769. The fourth-order valence-corrected chi connectivity index (χ4v) is 4.25. The maximum atomic E-state index is 13.3. The highest BCUT2D eigenvalue weighted by Gasteiger charge is 2.42. The maximum Gasteiger partial charge on any atom is 0.255 e. The molecule has 2 aliphatic heterocycles. The second-order valence-electron chi connectivity index (χ2n) is 6.98. The van der Waals surface area contributed by atoms with E-state index in [4.69, 9.17) is 0 Å². The van der Waals surface area contributed by atoms with Crippen LogP contribution in [0.15, 0.2) is 42.5 Å². The molecule has 4 rings (SSSR count). The van der Waals surface area contributed by atoms with Crippen molar-refractivity contribution in [3.63, 3.8) is 0 Å². The zero-order valence-electron chi connectivity index (χ0n) is 14.4. The van der Waals surface area contributed by atoms with Crippen LogP contribution < -0.4 is 5.32 Å². The van der Waals surface area contributed by atoms with Gasteiger partial charge in [0, 0.05) is 31.1 Å². The molecule has 2 unspecified atom stereocenters. The lowest BCUT2D eigenvalue weighted by molar-refractivity contribution is 0.0629. The van der Waals surface area contributed by atoms with E-state index in [2.05, 4.69) is 48.3 Å². The number of nitrogens with zero attached hydrogens (tertiary/aromatic N) is 1. The van der Waals surface area contributed by atoms with E-state index in [-0.39, 0.29) is 11.9 Å². The molecule has 1 fully saturated rings. The van der Waals surface area contributed by atoms with Gasteiger partial charge in [-0.2, -0.15) is 0 Å². The first kappa shape index (κ1) is 15.4. The average molecular weight is 320 g/mol. The summed E-state index contributed by atoms with van der Waals surface area (Å²) >= 11 is 0. The van der Waals surface area contributed by atoms with Gasteiger partial charge in [-0.3, -0.25) is 4.79 Å². The van der Waals surface area contributed by atoms with Gasteiger partial charge in [0.05, 0.1) is 6.04 Å². The van der Waals surface area contributed by atoms with Crippen LogP contribution in [-0.4, -0.2) is 29.9 Å². The number of rotatable bonds is 3. The molecule has 3 heteroatoms. The Balaban J connectivity index is 1.78. The van der Waals surface area contributed by atoms with Crippen molar-refractivity contribution in [2.24, 2.45) is 0 Å². The van der Waals surface area contributed by atoms with Crippen molar-refractivity contribution in [1.82, 2.24) is 10.2 Å². The highest BCUT2D eigenvalue weighted by atomic mass is 16.2. The maximum absolute atomic E-state index is 13.3. The summed E-state index contributed by atoms with van der Waals surface area (Å²) in [6.45, 7) is 6.80. The van der Waals surface area contributed by atoms with Gasteiger partial charge >= 0.3 is 0 Å². The van der Waals surface area contributed by atoms with Gasteiger partial charge in [0.15, 0.2) is 0 Å². The first-order valence-corrected chi connectivity index (χ1v) is 8.88. The van der Waals surface area contributed by atoms with Gasteiger partial charge in [0.1, 0.15) is 0 Å². The number of hydrogen-bond donors (Lipinski definition) is 1. The van der Waals surface area contributed by atoms with E-state index in [0.717, 1.165) is 30.6 Å². The van der Waals surface area contributed by atoms with Gasteiger partial charge in [-0.1, -0.05) is 49.4 Å². The quantitative estimate of drug-likeness (QED) is 0.941. The minimum Gasteiger partial charge on any atom is -0.329 e. The normalized spacial score (nSPS) is 22.4. The lowest BCUT2D eigenvalue weighted by atomic mass is 9.81. The molecular weight excluding hydrogens is 296 g/mol. The number of amides is 1. The Labute approximate surface area is 143 Å². The van der Waals surface area contributed by atoms with Gasteiger partial charge in [-0.15, -0.1) is 0 Å². The van der Waals surface area contributed by atoms with Crippen LogP contribution in [0.4, 0.5) is 0 Å². The summed E-state index contributed by atoms with van der Waals surface area (Å²) in [7, 11) is 0. The second-order valence-corrected chi connectivity index (χ2v) is 6.98. The molecule has 2 atom stereocenters. The molecule has 0 radical (unpaired) electrons. The number of carbonyl (C=O) groups is 1. The molecule has 0 spiro atoms. The summed E-state index contributed by atoms with van der Waals surface area (Å²) in [6, 6.07) is 15.0. The number of carbonyl (C=O) groups excluding carboxylic acids is 1. The molecule has 1 N–H and O–H groups in total. The van der Waals surface area contributed by atoms with Crippen molar-refractivity contribution >= 4 is 5.91 Å². The van der Waals surface area contributed by atoms with Gasteiger partial charge in [-0.05, 0) is 35.6 Å². The first-order valence-electron chi connectivity index (χ1n) is 8.88. The molecule has 2 heterocycles. The minimum absolute atomic E-state index is 0.193. The Morgan fingerprint density at radius 1 is 1.12 bits per heavy atom. The van der Waals surface area contributed by atoms with Crippen LogP contribution in [0.3, 0.4) is 0 Å². The van der Waals surface area contributed by atoms with Crippen LogP contribution in [0.1, 0.15) is 45.5 Å². The Morgan fingerprint density at radius 3 is 2.67 bits per heavy atom. The number of hydrogen-bond acceptors (Lipinski definition) is 2. The summed E-state index contributed by atoms with van der Waals surface area (Å²) in [6.07, 6.45) is 1.01. The molecule has 0 aliphatic carbocycles. The van der Waals surface area contributed by atoms with Crippen LogP contribution in [-0.2, 0) is 13.0 Å². The third-order valence-corrected chi connectivity index (χ3v) is 5.49. The molecule has 1 amide bonds. The van der Waals surface area contributed by atoms with Crippen LogP contribution in [0.5, 0.6) is 0 Å². The number of benzene rings is 2. The van der Waals surface area contributed by atoms with Crippen LogP contribution in [0.25, 0.3) is 0 Å². The van der Waals surface area contributed by atoms with E-state index < -0.39 is 0 Å². The smallest absolute Gasteiger partial charge is 0.255 e. The Hall–Kier alpha value is -2.13. The molecule has 0 bridgehead atoms. The van der Waals surface area contributed by atoms with Crippen molar-refractivity contribution in [1.29, 1.82) is 0 Å². The fourth-order valence-electron chi connectivity index (χ4n) is 4.25. The number of nitrogens with one attached hydrogen (secondary N) is 1. The summed E-state index contributed by atoms with van der Waals surface area (Å²) < 4.78 is 0. The Kier molecular flexibility index (Phi) is 3.89. The summed E-state index contributed by atoms with van der Waals surface area (Å²) in [5.74, 6) is 0.602. The lowest BCUT2D eigenvalue weighted by Crippen LogP contribution is -2.48. The third kappa shape index (κ3) is 2.44.